The monoisotopic (exact) mass is 273 g/mol. The molecule has 0 saturated heterocycles. The molecule has 7 heteroatoms. The van der Waals surface area contributed by atoms with Crippen molar-refractivity contribution in [3.05, 3.63) is 42.0 Å². The number of carbonyl (C=O) groups is 1. The third-order valence-electron chi connectivity index (χ3n) is 2.37. The van der Waals surface area contributed by atoms with Crippen molar-refractivity contribution >= 4 is 17.5 Å². The van der Waals surface area contributed by atoms with Crippen LogP contribution in [-0.4, -0.2) is 27.5 Å². The van der Waals surface area contributed by atoms with E-state index in [1.807, 2.05) is 0 Å². The van der Waals surface area contributed by atoms with E-state index in [1.165, 1.54) is 6.20 Å². The Balaban J connectivity index is 2.03. The van der Waals surface area contributed by atoms with E-state index in [2.05, 4.69) is 25.7 Å². The summed E-state index contributed by atoms with van der Waals surface area (Å²) in [7, 11) is 0. The fourth-order valence-electron chi connectivity index (χ4n) is 1.46. The zero-order valence-electron chi connectivity index (χ0n) is 11.3. The molecule has 0 unspecified atom stereocenters. The number of aromatic nitrogens is 3. The van der Waals surface area contributed by atoms with Gasteiger partial charge in [0.2, 0.25) is 0 Å². The van der Waals surface area contributed by atoms with Crippen LogP contribution in [0.5, 0.6) is 0 Å². The number of nitrogens with one attached hydrogen (secondary N) is 2. The van der Waals surface area contributed by atoms with Crippen LogP contribution in [0.2, 0.25) is 0 Å². The Kier molecular flexibility index (Phi) is 4.56. The number of carbonyl (C=O) groups excluding carboxylic acids is 1. The summed E-state index contributed by atoms with van der Waals surface area (Å²) in [4.78, 5) is 28.8. The number of hydrogen-bond acceptors (Lipinski definition) is 6. The number of amides is 1. The molecule has 0 atom stereocenters. The maximum absolute atomic E-state index is 11.6. The van der Waals surface area contributed by atoms with E-state index < -0.39 is 0 Å². The van der Waals surface area contributed by atoms with Crippen molar-refractivity contribution in [2.24, 2.45) is 0 Å². The lowest BCUT2D eigenvalue weighted by Gasteiger charge is -2.06. The number of hydrogen-bond donors (Lipinski definition) is 2. The van der Waals surface area contributed by atoms with Crippen LogP contribution in [0.3, 0.4) is 0 Å². The van der Waals surface area contributed by atoms with Gasteiger partial charge in [-0.25, -0.2) is 20.4 Å². The Morgan fingerprint density at radius 1 is 1.25 bits per heavy atom. The topological polar surface area (TPSA) is 89.0 Å². The Morgan fingerprint density at radius 2 is 2.10 bits per heavy atom. The lowest BCUT2D eigenvalue weighted by Crippen LogP contribution is -2.23. The Bertz CT molecular complexity index is 586. The first-order valence-corrected chi connectivity index (χ1v) is 6.14. The van der Waals surface area contributed by atoms with E-state index in [-0.39, 0.29) is 5.91 Å². The van der Waals surface area contributed by atoms with Crippen LogP contribution >= 0.6 is 0 Å². The largest absolute Gasteiger partial charge is 0.325 e. The number of aryl methyl sites for hydroxylation is 1. The van der Waals surface area contributed by atoms with Crippen molar-refractivity contribution < 1.29 is 9.63 Å². The van der Waals surface area contributed by atoms with Crippen LogP contribution in [0.1, 0.15) is 23.1 Å². The van der Waals surface area contributed by atoms with E-state index >= 15 is 0 Å². The second-order valence-electron chi connectivity index (χ2n) is 3.91. The molecule has 0 spiro atoms. The maximum atomic E-state index is 11.6. The van der Waals surface area contributed by atoms with Gasteiger partial charge in [-0.3, -0.25) is 9.63 Å². The first-order valence-electron chi connectivity index (χ1n) is 6.14. The van der Waals surface area contributed by atoms with E-state index in [0.717, 1.165) is 0 Å². The highest BCUT2D eigenvalue weighted by molar-refractivity contribution is 5.93. The van der Waals surface area contributed by atoms with Gasteiger partial charge in [0.25, 0.3) is 5.91 Å². The zero-order chi connectivity index (χ0) is 14.4. The minimum Gasteiger partial charge on any atom is -0.325 e. The molecule has 7 nitrogen and oxygen atoms in total. The summed E-state index contributed by atoms with van der Waals surface area (Å²) in [6, 6.07) is 5.08. The van der Waals surface area contributed by atoms with Crippen molar-refractivity contribution in [2.45, 2.75) is 13.8 Å². The Labute approximate surface area is 116 Å². The van der Waals surface area contributed by atoms with Gasteiger partial charge in [0, 0.05) is 12.4 Å². The number of anilines is 2. The molecule has 0 aromatic carbocycles. The van der Waals surface area contributed by atoms with E-state index in [4.69, 9.17) is 4.84 Å². The molecule has 2 N–H and O–H groups in total. The standard InChI is InChI=1S/C13H15N5O2/c1-3-20-18-13(19)10-4-5-11(15-8-10)17-12-6-7-14-9(2)16-12/h4-8H,3H2,1-2H3,(H,18,19)(H,14,15,16,17). The highest BCUT2D eigenvalue weighted by Gasteiger charge is 2.06. The van der Waals surface area contributed by atoms with Crippen LogP contribution in [0.25, 0.3) is 0 Å². The van der Waals surface area contributed by atoms with Crippen LogP contribution in [-0.2, 0) is 4.84 Å². The van der Waals surface area contributed by atoms with Crippen molar-refractivity contribution in [2.75, 3.05) is 11.9 Å². The number of nitrogens with zero attached hydrogens (tertiary/aromatic N) is 3. The molecule has 2 heterocycles. The molecule has 2 rings (SSSR count). The van der Waals surface area contributed by atoms with Crippen molar-refractivity contribution in [1.29, 1.82) is 0 Å². The molecule has 0 saturated carbocycles. The summed E-state index contributed by atoms with van der Waals surface area (Å²) in [5, 5.41) is 3.03. The first kappa shape index (κ1) is 13.9. The highest BCUT2D eigenvalue weighted by Crippen LogP contribution is 2.11. The summed E-state index contributed by atoms with van der Waals surface area (Å²) in [5.41, 5.74) is 2.72. The molecule has 0 bridgehead atoms. The van der Waals surface area contributed by atoms with Gasteiger partial charge in [-0.15, -0.1) is 0 Å². The summed E-state index contributed by atoms with van der Waals surface area (Å²) >= 11 is 0. The third kappa shape index (κ3) is 3.72. The average molecular weight is 273 g/mol. The smallest absolute Gasteiger partial charge is 0.276 e. The number of pyridine rings is 1. The van der Waals surface area contributed by atoms with E-state index in [9.17, 15) is 4.79 Å². The van der Waals surface area contributed by atoms with Gasteiger partial charge >= 0.3 is 0 Å². The summed E-state index contributed by atoms with van der Waals surface area (Å²) < 4.78 is 0. The molecule has 2 aromatic heterocycles. The van der Waals surface area contributed by atoms with Crippen LogP contribution < -0.4 is 10.8 Å². The molecule has 1 amide bonds. The molecule has 0 aliphatic carbocycles. The van der Waals surface area contributed by atoms with Gasteiger partial charge in [0.1, 0.15) is 17.5 Å². The van der Waals surface area contributed by atoms with Gasteiger partial charge in [-0.1, -0.05) is 0 Å². The molecule has 2 aromatic rings. The van der Waals surface area contributed by atoms with Gasteiger partial charge < -0.3 is 5.32 Å². The van der Waals surface area contributed by atoms with E-state index in [0.29, 0.717) is 29.6 Å². The fourth-order valence-corrected chi connectivity index (χ4v) is 1.46. The van der Waals surface area contributed by atoms with Crippen molar-refractivity contribution in [3.8, 4) is 0 Å². The second kappa shape index (κ2) is 6.58. The zero-order valence-corrected chi connectivity index (χ0v) is 11.3. The van der Waals surface area contributed by atoms with Crippen LogP contribution in [0, 0.1) is 6.92 Å². The fraction of sp³-hybridized carbons (Fsp3) is 0.231. The third-order valence-corrected chi connectivity index (χ3v) is 2.37. The van der Waals surface area contributed by atoms with Crippen LogP contribution in [0.4, 0.5) is 11.6 Å². The number of hydroxylamine groups is 1. The lowest BCUT2D eigenvalue weighted by atomic mass is 10.3. The van der Waals surface area contributed by atoms with E-state index in [1.54, 1.807) is 38.2 Å². The van der Waals surface area contributed by atoms with Gasteiger partial charge in [-0.2, -0.15) is 0 Å². The van der Waals surface area contributed by atoms with Gasteiger partial charge in [0.05, 0.1) is 12.2 Å². The Morgan fingerprint density at radius 3 is 2.75 bits per heavy atom. The minimum absolute atomic E-state index is 0.330. The molecule has 0 aliphatic heterocycles. The molecular formula is C13H15N5O2. The highest BCUT2D eigenvalue weighted by atomic mass is 16.6. The SMILES string of the molecule is CCONC(=O)c1ccc(Nc2ccnc(C)n2)nc1. The van der Waals surface area contributed by atoms with Gasteiger partial charge in [0.15, 0.2) is 0 Å². The Hall–Kier alpha value is -2.54. The predicted octanol–water partition coefficient (Wildman–Crippen LogP) is 1.60. The normalized spacial score (nSPS) is 10.1. The average Bonchev–Trinajstić information content (AvgIpc) is 2.45. The quantitative estimate of drug-likeness (QED) is 0.804. The van der Waals surface area contributed by atoms with Crippen LogP contribution in [0.15, 0.2) is 30.6 Å². The predicted molar refractivity (Wildman–Crippen MR) is 73.4 cm³/mol. The maximum Gasteiger partial charge on any atom is 0.276 e. The molecule has 0 fully saturated rings. The molecule has 0 radical (unpaired) electrons. The summed E-state index contributed by atoms with van der Waals surface area (Å²) in [6.45, 7) is 4.00. The lowest BCUT2D eigenvalue weighted by molar-refractivity contribution is 0.0364. The molecule has 0 aliphatic rings. The van der Waals surface area contributed by atoms with Gasteiger partial charge in [-0.05, 0) is 32.0 Å². The molecule has 20 heavy (non-hydrogen) atoms. The first-order chi connectivity index (χ1) is 9.69. The number of rotatable bonds is 5. The summed E-state index contributed by atoms with van der Waals surface area (Å²) in [6.07, 6.45) is 3.12. The summed E-state index contributed by atoms with van der Waals surface area (Å²) in [5.74, 6) is 1.58. The molecular weight excluding hydrogens is 258 g/mol. The van der Waals surface area contributed by atoms with Crippen molar-refractivity contribution in [3.63, 3.8) is 0 Å². The minimum atomic E-state index is -0.330. The van der Waals surface area contributed by atoms with Crippen molar-refractivity contribution in [1.82, 2.24) is 20.4 Å². The molecule has 104 valence electrons. The second-order valence-corrected chi connectivity index (χ2v) is 3.91.